The van der Waals surface area contributed by atoms with Gasteiger partial charge in [0.25, 0.3) is 0 Å². The first-order valence-electron chi connectivity index (χ1n) is 13.9. The quantitative estimate of drug-likeness (QED) is 0.219. The van der Waals surface area contributed by atoms with Crippen molar-refractivity contribution in [3.8, 4) is 0 Å². The fraction of sp³-hybridized carbons (Fsp3) is 0.857. The molecule has 11 atom stereocenters. The molecular formula is C28H44O11. The maximum Gasteiger partial charge on any atom is 0.334 e. The highest BCUT2D eigenvalue weighted by Gasteiger charge is 2.67. The molecule has 11 unspecified atom stereocenters. The van der Waals surface area contributed by atoms with Gasteiger partial charge in [-0.15, -0.1) is 0 Å². The second-order valence-corrected chi connectivity index (χ2v) is 12.6. The number of hydrogen-bond donors (Lipinski definition) is 5. The Kier molecular flexibility index (Phi) is 8.56. The van der Waals surface area contributed by atoms with Crippen LogP contribution in [0.2, 0.25) is 0 Å². The van der Waals surface area contributed by atoms with E-state index in [4.69, 9.17) is 18.9 Å². The van der Waals surface area contributed by atoms with Crippen molar-refractivity contribution >= 4 is 11.9 Å². The van der Waals surface area contributed by atoms with Gasteiger partial charge in [-0.05, 0) is 49.5 Å². The largest absolute Gasteiger partial charge is 0.462 e. The molecule has 0 radical (unpaired) electrons. The van der Waals surface area contributed by atoms with Crippen LogP contribution in [-0.2, 0) is 28.5 Å². The van der Waals surface area contributed by atoms with Crippen molar-refractivity contribution in [3.05, 3.63) is 11.6 Å². The third kappa shape index (κ3) is 5.16. The Bertz CT molecular complexity index is 963. The van der Waals surface area contributed by atoms with Crippen LogP contribution in [0, 0.1) is 22.7 Å². The minimum absolute atomic E-state index is 0.236. The predicted molar refractivity (Wildman–Crippen MR) is 136 cm³/mol. The van der Waals surface area contributed by atoms with Gasteiger partial charge in [-0.3, -0.25) is 4.79 Å². The van der Waals surface area contributed by atoms with Crippen molar-refractivity contribution in [1.82, 2.24) is 0 Å². The molecule has 5 N–H and O–H groups in total. The van der Waals surface area contributed by atoms with Gasteiger partial charge < -0.3 is 44.5 Å². The molecular weight excluding hydrogens is 512 g/mol. The summed E-state index contributed by atoms with van der Waals surface area (Å²) >= 11 is 0. The highest BCUT2D eigenvalue weighted by Crippen LogP contribution is 2.65. The van der Waals surface area contributed by atoms with Crippen molar-refractivity contribution in [2.24, 2.45) is 22.7 Å². The SMILES string of the molecule is CC(=O)OC1CC(C)C(O)(CCC2=CCOC2=O)C2(C)CCC(OC3OC(CO)C(O)C(O)C3O)C(C)(C)C12. The van der Waals surface area contributed by atoms with Gasteiger partial charge in [0.1, 0.15) is 37.1 Å². The maximum atomic E-state index is 12.4. The number of rotatable bonds is 7. The standard InChI is InChI=1S/C28H44O11/c1-14-12-17(37-15(2)30)23-26(3,4)19(39-25-22(33)21(32)20(31)18(13-29)38-25)7-9-27(23,5)28(14,35)10-6-16-8-11-36-24(16)34/h8,14,17-23,25,29,31-33,35H,6-7,9-13H2,1-5H3. The minimum atomic E-state index is -1.57. The van der Waals surface area contributed by atoms with Crippen molar-refractivity contribution in [3.63, 3.8) is 0 Å². The smallest absolute Gasteiger partial charge is 0.334 e. The molecule has 4 rings (SSSR count). The van der Waals surface area contributed by atoms with Gasteiger partial charge in [0.05, 0.1) is 18.3 Å². The van der Waals surface area contributed by atoms with E-state index < -0.39 is 71.9 Å². The van der Waals surface area contributed by atoms with Crippen molar-refractivity contribution in [2.75, 3.05) is 13.2 Å². The molecule has 11 nitrogen and oxygen atoms in total. The zero-order valence-electron chi connectivity index (χ0n) is 23.4. The molecule has 1 saturated heterocycles. The lowest BCUT2D eigenvalue weighted by Gasteiger charge is -2.66. The monoisotopic (exact) mass is 556 g/mol. The summed E-state index contributed by atoms with van der Waals surface area (Å²) in [5.74, 6) is -1.40. The average Bonchev–Trinajstić information content (AvgIpc) is 3.27. The van der Waals surface area contributed by atoms with Crippen molar-refractivity contribution in [2.45, 2.75) is 115 Å². The number of ether oxygens (including phenoxy) is 4. The molecule has 0 bridgehead atoms. The second-order valence-electron chi connectivity index (χ2n) is 12.6. The lowest BCUT2D eigenvalue weighted by Crippen LogP contribution is -2.69. The first-order valence-corrected chi connectivity index (χ1v) is 13.9. The Morgan fingerprint density at radius 2 is 1.85 bits per heavy atom. The molecule has 0 aromatic rings. The highest BCUT2D eigenvalue weighted by atomic mass is 16.7. The van der Waals surface area contributed by atoms with Gasteiger partial charge in [0.15, 0.2) is 6.29 Å². The molecule has 2 heterocycles. The van der Waals surface area contributed by atoms with E-state index in [0.717, 1.165) is 0 Å². The number of aliphatic hydroxyl groups excluding tert-OH is 4. The molecule has 3 fully saturated rings. The second kappa shape index (κ2) is 11.0. The number of fused-ring (bicyclic) bond motifs is 1. The zero-order chi connectivity index (χ0) is 28.9. The van der Waals surface area contributed by atoms with Crippen LogP contribution < -0.4 is 0 Å². The summed E-state index contributed by atoms with van der Waals surface area (Å²) in [7, 11) is 0. The number of aliphatic hydroxyl groups is 5. The van der Waals surface area contributed by atoms with Crippen LogP contribution in [0.4, 0.5) is 0 Å². The molecule has 0 spiro atoms. The van der Waals surface area contributed by atoms with E-state index in [2.05, 4.69) is 0 Å². The Labute approximate surface area is 229 Å². The van der Waals surface area contributed by atoms with E-state index in [1.165, 1.54) is 6.92 Å². The zero-order valence-corrected chi connectivity index (χ0v) is 23.4. The van der Waals surface area contributed by atoms with Gasteiger partial charge in [0.2, 0.25) is 0 Å². The summed E-state index contributed by atoms with van der Waals surface area (Å²) in [6.07, 6.45) is -4.26. The Hall–Kier alpha value is -1.60. The van der Waals surface area contributed by atoms with Crippen LogP contribution in [0.1, 0.15) is 66.7 Å². The molecule has 39 heavy (non-hydrogen) atoms. The molecule has 0 aromatic carbocycles. The summed E-state index contributed by atoms with van der Waals surface area (Å²) in [5, 5.41) is 53.0. The van der Waals surface area contributed by atoms with Crippen LogP contribution in [0.5, 0.6) is 0 Å². The summed E-state index contributed by atoms with van der Waals surface area (Å²) in [4.78, 5) is 24.3. The van der Waals surface area contributed by atoms with Gasteiger partial charge in [-0.2, -0.15) is 0 Å². The number of carbonyl (C=O) groups excluding carboxylic acids is 2. The summed E-state index contributed by atoms with van der Waals surface area (Å²) in [5.41, 5.74) is -2.08. The fourth-order valence-corrected chi connectivity index (χ4v) is 7.97. The average molecular weight is 557 g/mol. The van der Waals surface area contributed by atoms with Crippen LogP contribution in [-0.4, -0.2) is 99.2 Å². The first kappa shape index (κ1) is 30.4. The van der Waals surface area contributed by atoms with Crippen LogP contribution in [0.15, 0.2) is 11.6 Å². The fourth-order valence-electron chi connectivity index (χ4n) is 7.97. The topological polar surface area (TPSA) is 172 Å². The van der Waals surface area contributed by atoms with E-state index >= 15 is 0 Å². The van der Waals surface area contributed by atoms with Crippen LogP contribution in [0.3, 0.4) is 0 Å². The van der Waals surface area contributed by atoms with Crippen molar-refractivity contribution in [1.29, 1.82) is 0 Å². The number of esters is 2. The van der Waals surface area contributed by atoms with E-state index in [0.29, 0.717) is 37.7 Å². The van der Waals surface area contributed by atoms with Gasteiger partial charge in [-0.1, -0.05) is 27.7 Å². The Balaban J connectivity index is 1.64. The van der Waals surface area contributed by atoms with Gasteiger partial charge in [-0.25, -0.2) is 4.79 Å². The molecule has 11 heteroatoms. The molecule has 222 valence electrons. The van der Waals surface area contributed by atoms with E-state index in [-0.39, 0.29) is 24.4 Å². The number of hydrogen-bond acceptors (Lipinski definition) is 11. The third-order valence-corrected chi connectivity index (χ3v) is 10.1. The maximum absolute atomic E-state index is 12.4. The minimum Gasteiger partial charge on any atom is -0.462 e. The van der Waals surface area contributed by atoms with Gasteiger partial charge in [0, 0.05) is 23.8 Å². The predicted octanol–water partition coefficient (Wildman–Crippen LogP) is 0.580. The van der Waals surface area contributed by atoms with Gasteiger partial charge >= 0.3 is 11.9 Å². The Morgan fingerprint density at radius 3 is 2.44 bits per heavy atom. The van der Waals surface area contributed by atoms with E-state index in [9.17, 15) is 35.1 Å². The third-order valence-electron chi connectivity index (χ3n) is 10.1. The first-order chi connectivity index (χ1) is 18.2. The molecule has 0 amide bonds. The normalized spacial score (nSPS) is 45.7. The van der Waals surface area contributed by atoms with Crippen molar-refractivity contribution < 1.29 is 54.1 Å². The van der Waals surface area contributed by atoms with Crippen LogP contribution in [0.25, 0.3) is 0 Å². The number of carbonyl (C=O) groups is 2. The molecule has 2 saturated carbocycles. The summed E-state index contributed by atoms with van der Waals surface area (Å²) in [6.45, 7) is 8.92. The van der Waals surface area contributed by atoms with E-state index in [1.54, 1.807) is 6.08 Å². The molecule has 4 aliphatic rings. The van der Waals surface area contributed by atoms with E-state index in [1.807, 2.05) is 27.7 Å². The number of cyclic esters (lactones) is 1. The summed E-state index contributed by atoms with van der Waals surface area (Å²) < 4.78 is 22.8. The lowest BCUT2D eigenvalue weighted by molar-refractivity contribution is -0.337. The highest BCUT2D eigenvalue weighted by molar-refractivity contribution is 5.90. The van der Waals surface area contributed by atoms with Crippen LogP contribution >= 0.6 is 0 Å². The lowest BCUT2D eigenvalue weighted by atomic mass is 9.42. The summed E-state index contributed by atoms with van der Waals surface area (Å²) in [6, 6.07) is 0. The Morgan fingerprint density at radius 1 is 1.15 bits per heavy atom. The molecule has 2 aliphatic heterocycles. The molecule has 0 aromatic heterocycles. The molecule has 2 aliphatic carbocycles.